The van der Waals surface area contributed by atoms with Crippen LogP contribution < -0.4 is 19.4 Å². The molecular weight excluding hydrogens is 466 g/mol. The van der Waals surface area contributed by atoms with Crippen LogP contribution in [0, 0.1) is 23.0 Å². The SMILES string of the molecule is COc1cc([C@H]2[C@H]3C(=O)N(c4cccc(C)c4)C(=O)[C@H]3ON2c2ccccc2)c([N+](=O)[O-])cc1OC. The Bertz CT molecular complexity index is 1360. The summed E-state index contributed by atoms with van der Waals surface area (Å²) in [5.74, 6) is -1.63. The summed E-state index contributed by atoms with van der Waals surface area (Å²) in [5.41, 5.74) is 1.74. The molecule has 0 unspecified atom stereocenters. The number of hydroxylamine groups is 1. The highest BCUT2D eigenvalue weighted by Crippen LogP contribution is 2.51. The lowest BCUT2D eigenvalue weighted by Gasteiger charge is -2.29. The number of amides is 2. The molecule has 0 spiro atoms. The van der Waals surface area contributed by atoms with E-state index in [9.17, 15) is 19.7 Å². The Morgan fingerprint density at radius 3 is 2.19 bits per heavy atom. The van der Waals surface area contributed by atoms with Crippen molar-refractivity contribution in [3.05, 3.63) is 88.0 Å². The summed E-state index contributed by atoms with van der Waals surface area (Å²) in [6.07, 6.45) is -1.16. The first-order chi connectivity index (χ1) is 17.3. The van der Waals surface area contributed by atoms with E-state index in [0.717, 1.165) is 10.5 Å². The average Bonchev–Trinajstić information content (AvgIpc) is 3.39. The van der Waals surface area contributed by atoms with Crippen LogP contribution in [-0.2, 0) is 14.4 Å². The number of nitro benzene ring substituents is 1. The molecule has 5 rings (SSSR count). The van der Waals surface area contributed by atoms with Crippen molar-refractivity contribution < 1.29 is 28.8 Å². The second kappa shape index (κ2) is 8.97. The Labute approximate surface area is 206 Å². The van der Waals surface area contributed by atoms with E-state index in [1.54, 1.807) is 42.5 Å². The second-order valence-corrected chi connectivity index (χ2v) is 8.53. The van der Waals surface area contributed by atoms with E-state index in [0.29, 0.717) is 11.4 Å². The zero-order valence-electron chi connectivity index (χ0n) is 19.8. The van der Waals surface area contributed by atoms with Crippen molar-refractivity contribution in [3.8, 4) is 11.5 Å². The van der Waals surface area contributed by atoms with Gasteiger partial charge in [-0.3, -0.25) is 24.5 Å². The summed E-state index contributed by atoms with van der Waals surface area (Å²) in [7, 11) is 2.80. The van der Waals surface area contributed by atoms with Gasteiger partial charge in [-0.25, -0.2) is 9.96 Å². The van der Waals surface area contributed by atoms with Crippen molar-refractivity contribution in [2.75, 3.05) is 24.2 Å². The number of para-hydroxylation sites is 1. The van der Waals surface area contributed by atoms with Crippen LogP contribution in [0.3, 0.4) is 0 Å². The Kier molecular flexibility index (Phi) is 5.81. The summed E-state index contributed by atoms with van der Waals surface area (Å²) in [6.45, 7) is 1.86. The van der Waals surface area contributed by atoms with E-state index in [4.69, 9.17) is 14.3 Å². The van der Waals surface area contributed by atoms with Gasteiger partial charge in [-0.2, -0.15) is 0 Å². The van der Waals surface area contributed by atoms with E-state index in [1.807, 2.05) is 19.1 Å². The van der Waals surface area contributed by atoms with E-state index < -0.39 is 34.8 Å². The van der Waals surface area contributed by atoms with Gasteiger partial charge in [0.15, 0.2) is 17.6 Å². The molecule has 2 heterocycles. The van der Waals surface area contributed by atoms with Gasteiger partial charge in [0.05, 0.1) is 42.1 Å². The number of benzene rings is 3. The summed E-state index contributed by atoms with van der Waals surface area (Å²) < 4.78 is 10.7. The van der Waals surface area contributed by atoms with Gasteiger partial charge < -0.3 is 9.47 Å². The molecule has 2 saturated heterocycles. The predicted octanol–water partition coefficient (Wildman–Crippen LogP) is 3.97. The molecule has 0 saturated carbocycles. The van der Waals surface area contributed by atoms with E-state index in [2.05, 4.69) is 0 Å². The molecule has 10 heteroatoms. The minimum absolute atomic E-state index is 0.168. The number of aryl methyl sites for hydroxylation is 1. The van der Waals surface area contributed by atoms with Crippen LogP contribution in [0.25, 0.3) is 0 Å². The number of nitro groups is 1. The number of hydrogen-bond acceptors (Lipinski definition) is 8. The van der Waals surface area contributed by atoms with E-state index in [1.165, 1.54) is 31.4 Å². The highest BCUT2D eigenvalue weighted by molar-refractivity contribution is 6.24. The third kappa shape index (κ3) is 3.62. The highest BCUT2D eigenvalue weighted by atomic mass is 16.7. The fourth-order valence-corrected chi connectivity index (χ4v) is 4.83. The molecule has 0 aromatic heterocycles. The van der Waals surface area contributed by atoms with Gasteiger partial charge in [-0.05, 0) is 42.8 Å². The van der Waals surface area contributed by atoms with E-state index >= 15 is 0 Å². The third-order valence-electron chi connectivity index (χ3n) is 6.43. The highest BCUT2D eigenvalue weighted by Gasteiger charge is 2.61. The molecule has 2 fully saturated rings. The molecule has 0 radical (unpaired) electrons. The maximum atomic E-state index is 13.8. The van der Waals surface area contributed by atoms with Gasteiger partial charge in [0.2, 0.25) is 5.91 Å². The van der Waals surface area contributed by atoms with Crippen LogP contribution in [0.4, 0.5) is 17.1 Å². The minimum Gasteiger partial charge on any atom is -0.493 e. The summed E-state index contributed by atoms with van der Waals surface area (Å²) in [5, 5.41) is 13.5. The van der Waals surface area contributed by atoms with Gasteiger partial charge in [0, 0.05) is 0 Å². The van der Waals surface area contributed by atoms with E-state index in [-0.39, 0.29) is 22.7 Å². The van der Waals surface area contributed by atoms with Crippen molar-refractivity contribution in [1.82, 2.24) is 0 Å². The Balaban J connectivity index is 1.69. The fourth-order valence-electron chi connectivity index (χ4n) is 4.83. The molecule has 0 aliphatic carbocycles. The topological polar surface area (TPSA) is 111 Å². The Hall–Kier alpha value is -4.44. The number of carbonyl (C=O) groups excluding carboxylic acids is 2. The van der Waals surface area contributed by atoms with Crippen molar-refractivity contribution in [2.24, 2.45) is 5.92 Å². The molecule has 2 aliphatic heterocycles. The molecule has 3 atom stereocenters. The minimum atomic E-state index is -1.16. The molecule has 2 amide bonds. The van der Waals surface area contributed by atoms with Crippen LogP contribution in [0.1, 0.15) is 17.2 Å². The lowest BCUT2D eigenvalue weighted by Crippen LogP contribution is -2.37. The number of carbonyl (C=O) groups is 2. The zero-order chi connectivity index (χ0) is 25.6. The first kappa shape index (κ1) is 23.3. The summed E-state index contributed by atoms with van der Waals surface area (Å²) >= 11 is 0. The average molecular weight is 489 g/mol. The van der Waals surface area contributed by atoms with Gasteiger partial charge in [-0.15, -0.1) is 0 Å². The van der Waals surface area contributed by atoms with Gasteiger partial charge in [-0.1, -0.05) is 30.3 Å². The monoisotopic (exact) mass is 489 g/mol. The van der Waals surface area contributed by atoms with Crippen molar-refractivity contribution in [2.45, 2.75) is 19.1 Å². The molecular formula is C26H23N3O7. The molecule has 2 aliphatic rings. The van der Waals surface area contributed by atoms with Crippen LogP contribution in [0.15, 0.2) is 66.7 Å². The molecule has 3 aromatic rings. The molecule has 0 bridgehead atoms. The van der Waals surface area contributed by atoms with Crippen LogP contribution in [0.5, 0.6) is 11.5 Å². The summed E-state index contributed by atoms with van der Waals surface area (Å²) in [6, 6.07) is 17.6. The molecule has 0 N–H and O–H groups in total. The Morgan fingerprint density at radius 2 is 1.56 bits per heavy atom. The molecule has 184 valence electrons. The van der Waals surface area contributed by atoms with Crippen molar-refractivity contribution in [1.29, 1.82) is 0 Å². The number of hydrogen-bond donors (Lipinski definition) is 0. The first-order valence-corrected chi connectivity index (χ1v) is 11.2. The van der Waals surface area contributed by atoms with Gasteiger partial charge in [0.25, 0.3) is 11.6 Å². The number of nitrogens with zero attached hydrogens (tertiary/aromatic N) is 3. The largest absolute Gasteiger partial charge is 0.493 e. The zero-order valence-corrected chi connectivity index (χ0v) is 19.8. The second-order valence-electron chi connectivity index (χ2n) is 8.53. The quantitative estimate of drug-likeness (QED) is 0.291. The smallest absolute Gasteiger partial charge is 0.278 e. The van der Waals surface area contributed by atoms with Crippen molar-refractivity contribution in [3.63, 3.8) is 0 Å². The number of fused-ring (bicyclic) bond motifs is 1. The number of anilines is 2. The Morgan fingerprint density at radius 1 is 0.889 bits per heavy atom. The lowest BCUT2D eigenvalue weighted by atomic mass is 9.89. The van der Waals surface area contributed by atoms with Gasteiger partial charge in [0.1, 0.15) is 12.0 Å². The number of imide groups is 1. The fraction of sp³-hybridized carbons (Fsp3) is 0.231. The maximum absolute atomic E-state index is 13.8. The molecule has 10 nitrogen and oxygen atoms in total. The van der Waals surface area contributed by atoms with Crippen LogP contribution in [-0.4, -0.2) is 37.1 Å². The molecule has 3 aromatic carbocycles. The maximum Gasteiger partial charge on any atom is 0.278 e. The standard InChI is InChI=1S/C26H23N3O7/c1-15-8-7-11-17(12-15)27-25(30)22-23(18-13-20(34-2)21(35-3)14-19(18)29(32)33)28(36-24(22)26(27)31)16-9-5-4-6-10-16/h4-14,22-24H,1-3H3/t22-,23+,24+/m1/s1. The van der Waals surface area contributed by atoms with Crippen LogP contribution in [0.2, 0.25) is 0 Å². The predicted molar refractivity (Wildman–Crippen MR) is 130 cm³/mol. The normalized spacial score (nSPS) is 21.0. The first-order valence-electron chi connectivity index (χ1n) is 11.2. The van der Waals surface area contributed by atoms with Crippen molar-refractivity contribution >= 4 is 28.9 Å². The number of rotatable bonds is 6. The number of ether oxygens (including phenoxy) is 2. The third-order valence-corrected chi connectivity index (χ3v) is 6.43. The van der Waals surface area contributed by atoms with Crippen LogP contribution >= 0.6 is 0 Å². The summed E-state index contributed by atoms with van der Waals surface area (Å²) in [4.78, 5) is 46.1. The lowest BCUT2D eigenvalue weighted by molar-refractivity contribution is -0.385. The number of methoxy groups -OCH3 is 2. The molecule has 36 heavy (non-hydrogen) atoms. The van der Waals surface area contributed by atoms with Gasteiger partial charge >= 0.3 is 0 Å².